The van der Waals surface area contributed by atoms with Crippen molar-refractivity contribution in [1.29, 1.82) is 0 Å². The molecule has 2 rings (SSSR count). The highest BCUT2D eigenvalue weighted by molar-refractivity contribution is 7.65. The fourth-order valence-electron chi connectivity index (χ4n) is 1.99. The molecule has 86 valence electrons. The summed E-state index contributed by atoms with van der Waals surface area (Å²) in [6.45, 7) is 0. The van der Waals surface area contributed by atoms with Crippen LogP contribution in [0, 0.1) is 10.1 Å². The van der Waals surface area contributed by atoms with Crippen LogP contribution in [0.3, 0.4) is 0 Å². The van der Waals surface area contributed by atoms with E-state index in [4.69, 9.17) is 4.74 Å². The van der Waals surface area contributed by atoms with Gasteiger partial charge in [-0.3, -0.25) is 10.1 Å². The highest BCUT2D eigenvalue weighted by Crippen LogP contribution is 2.43. The summed E-state index contributed by atoms with van der Waals surface area (Å²) in [5, 5.41) is 12.0. The molecule has 0 aromatic heterocycles. The normalized spacial score (nSPS) is 16.3. The lowest BCUT2D eigenvalue weighted by molar-refractivity contribution is -0.385. The Morgan fingerprint density at radius 2 is 2.06 bits per heavy atom. The van der Waals surface area contributed by atoms with E-state index in [0.29, 0.717) is 5.75 Å². The Kier molecular flexibility index (Phi) is 3.39. The standard InChI is InChI=1S/C11H14NO3P/c1-15-11-8-9(16-6-2-3-7-16)4-5-10(11)12(13)14/h4-5,8H,2-3,6-7H2,1H3. The van der Waals surface area contributed by atoms with Crippen LogP contribution < -0.4 is 10.0 Å². The van der Waals surface area contributed by atoms with E-state index in [9.17, 15) is 10.1 Å². The van der Waals surface area contributed by atoms with Crippen molar-refractivity contribution in [1.82, 2.24) is 0 Å². The maximum absolute atomic E-state index is 10.7. The van der Waals surface area contributed by atoms with E-state index in [1.54, 1.807) is 6.07 Å². The molecule has 0 unspecified atom stereocenters. The van der Waals surface area contributed by atoms with Crippen LogP contribution >= 0.6 is 7.92 Å². The third kappa shape index (κ3) is 2.17. The Balaban J connectivity index is 2.32. The van der Waals surface area contributed by atoms with Gasteiger partial charge in [-0.25, -0.2) is 0 Å². The summed E-state index contributed by atoms with van der Waals surface area (Å²) >= 11 is 0. The van der Waals surface area contributed by atoms with Crippen LogP contribution in [0.15, 0.2) is 18.2 Å². The molecule has 5 heteroatoms. The first-order chi connectivity index (χ1) is 7.72. The van der Waals surface area contributed by atoms with Gasteiger partial charge in [0.1, 0.15) is 0 Å². The van der Waals surface area contributed by atoms with Crippen molar-refractivity contribution in [2.45, 2.75) is 12.8 Å². The average molecular weight is 239 g/mol. The van der Waals surface area contributed by atoms with Gasteiger partial charge in [0.05, 0.1) is 12.0 Å². The lowest BCUT2D eigenvalue weighted by atomic mass is 10.3. The predicted octanol–water partition coefficient (Wildman–Crippen LogP) is 2.50. The minimum Gasteiger partial charge on any atom is -0.490 e. The lowest BCUT2D eigenvalue weighted by Crippen LogP contribution is -2.04. The number of hydrogen-bond donors (Lipinski definition) is 0. The molecule has 0 saturated carbocycles. The smallest absolute Gasteiger partial charge is 0.310 e. The second kappa shape index (κ2) is 4.79. The van der Waals surface area contributed by atoms with Gasteiger partial charge in [-0.1, -0.05) is 7.92 Å². The summed E-state index contributed by atoms with van der Waals surface area (Å²) in [5.41, 5.74) is 0.0560. The number of nitro benzene ring substituents is 1. The van der Waals surface area contributed by atoms with Crippen LogP contribution in [-0.2, 0) is 0 Å². The van der Waals surface area contributed by atoms with Crippen LogP contribution in [0.2, 0.25) is 0 Å². The number of nitrogens with zero attached hydrogens (tertiary/aromatic N) is 1. The van der Waals surface area contributed by atoms with E-state index in [1.165, 1.54) is 37.6 Å². The van der Waals surface area contributed by atoms with E-state index in [1.807, 2.05) is 12.1 Å². The second-order valence-corrected chi connectivity index (χ2v) is 6.30. The minimum atomic E-state index is -0.398. The van der Waals surface area contributed by atoms with Gasteiger partial charge in [0.25, 0.3) is 0 Å². The highest BCUT2D eigenvalue weighted by atomic mass is 31.1. The highest BCUT2D eigenvalue weighted by Gasteiger charge is 2.20. The van der Waals surface area contributed by atoms with Crippen LogP contribution in [0.1, 0.15) is 12.8 Å². The van der Waals surface area contributed by atoms with Crippen molar-refractivity contribution in [3.05, 3.63) is 28.3 Å². The molecule has 0 atom stereocenters. The van der Waals surface area contributed by atoms with Crippen LogP contribution in [0.5, 0.6) is 5.75 Å². The number of nitro groups is 1. The zero-order valence-corrected chi connectivity index (χ0v) is 10.1. The molecule has 0 radical (unpaired) electrons. The summed E-state index contributed by atoms with van der Waals surface area (Å²) in [6.07, 6.45) is 5.06. The van der Waals surface area contributed by atoms with Crippen LogP contribution in [0.25, 0.3) is 0 Å². The molecule has 16 heavy (non-hydrogen) atoms. The predicted molar refractivity (Wildman–Crippen MR) is 65.2 cm³/mol. The van der Waals surface area contributed by atoms with Crippen LogP contribution in [0.4, 0.5) is 5.69 Å². The summed E-state index contributed by atoms with van der Waals surface area (Å²) in [6, 6.07) is 5.29. The molecule has 1 aliphatic heterocycles. The molecule has 0 N–H and O–H groups in total. The quantitative estimate of drug-likeness (QED) is 0.462. The first-order valence-electron chi connectivity index (χ1n) is 5.30. The van der Waals surface area contributed by atoms with Crippen molar-refractivity contribution in [2.75, 3.05) is 19.4 Å². The number of hydrogen-bond acceptors (Lipinski definition) is 3. The summed E-state index contributed by atoms with van der Waals surface area (Å²) < 4.78 is 5.08. The van der Waals surface area contributed by atoms with Gasteiger partial charge in [0, 0.05) is 6.07 Å². The SMILES string of the molecule is COc1cc(P2CCCC2)ccc1[N+](=O)[O-]. The lowest BCUT2D eigenvalue weighted by Gasteiger charge is -2.11. The zero-order chi connectivity index (χ0) is 11.5. The number of methoxy groups -OCH3 is 1. The molecular formula is C11H14NO3P. The molecule has 0 bridgehead atoms. The number of benzene rings is 1. The Labute approximate surface area is 95.5 Å². The molecule has 1 aliphatic rings. The average Bonchev–Trinajstić information content (AvgIpc) is 2.81. The molecule has 1 aromatic rings. The summed E-state index contributed by atoms with van der Waals surface area (Å²) in [7, 11) is 1.38. The Hall–Kier alpha value is -1.15. The summed E-state index contributed by atoms with van der Waals surface area (Å²) in [5.74, 6) is 0.386. The third-order valence-corrected chi connectivity index (χ3v) is 5.55. The second-order valence-electron chi connectivity index (χ2n) is 3.81. The Bertz CT molecular complexity index is 402. The van der Waals surface area contributed by atoms with Crippen molar-refractivity contribution < 1.29 is 9.66 Å². The van der Waals surface area contributed by atoms with E-state index in [2.05, 4.69) is 0 Å². The Morgan fingerprint density at radius 3 is 2.62 bits per heavy atom. The monoisotopic (exact) mass is 239 g/mol. The molecule has 0 aliphatic carbocycles. The fraction of sp³-hybridized carbons (Fsp3) is 0.455. The van der Waals surface area contributed by atoms with Gasteiger partial charge in [-0.05, 0) is 42.6 Å². The summed E-state index contributed by atoms with van der Waals surface area (Å²) in [4.78, 5) is 10.3. The van der Waals surface area contributed by atoms with Gasteiger partial charge in [0.15, 0.2) is 5.75 Å². The third-order valence-electron chi connectivity index (χ3n) is 2.83. The molecule has 1 aromatic carbocycles. The molecule has 1 saturated heterocycles. The van der Waals surface area contributed by atoms with Crippen molar-refractivity contribution in [3.8, 4) is 5.75 Å². The molecule has 1 fully saturated rings. The zero-order valence-electron chi connectivity index (χ0n) is 9.18. The van der Waals surface area contributed by atoms with E-state index < -0.39 is 4.92 Å². The van der Waals surface area contributed by atoms with Crippen molar-refractivity contribution in [2.24, 2.45) is 0 Å². The van der Waals surface area contributed by atoms with Crippen molar-refractivity contribution >= 4 is 18.9 Å². The topological polar surface area (TPSA) is 52.4 Å². The molecular weight excluding hydrogens is 225 g/mol. The molecule has 0 amide bonds. The maximum Gasteiger partial charge on any atom is 0.310 e. The minimum absolute atomic E-state index is 0.0560. The van der Waals surface area contributed by atoms with Gasteiger partial charge >= 0.3 is 5.69 Å². The van der Waals surface area contributed by atoms with Gasteiger partial charge in [0.2, 0.25) is 0 Å². The van der Waals surface area contributed by atoms with E-state index >= 15 is 0 Å². The van der Waals surface area contributed by atoms with Gasteiger partial charge in [-0.15, -0.1) is 0 Å². The molecule has 4 nitrogen and oxygen atoms in total. The van der Waals surface area contributed by atoms with Gasteiger partial charge in [-0.2, -0.15) is 0 Å². The van der Waals surface area contributed by atoms with Crippen molar-refractivity contribution in [3.63, 3.8) is 0 Å². The molecule has 0 spiro atoms. The maximum atomic E-state index is 10.7. The largest absolute Gasteiger partial charge is 0.490 e. The fourth-order valence-corrected chi connectivity index (χ4v) is 4.53. The number of rotatable bonds is 3. The Morgan fingerprint density at radius 1 is 1.38 bits per heavy atom. The van der Waals surface area contributed by atoms with E-state index in [0.717, 1.165) is 0 Å². The first kappa shape index (κ1) is 11.3. The molecule has 1 heterocycles. The van der Waals surface area contributed by atoms with Crippen LogP contribution in [-0.4, -0.2) is 24.4 Å². The first-order valence-corrected chi connectivity index (χ1v) is 7.01. The van der Waals surface area contributed by atoms with Gasteiger partial charge < -0.3 is 4.74 Å². The van der Waals surface area contributed by atoms with E-state index in [-0.39, 0.29) is 13.6 Å². The number of ether oxygens (including phenoxy) is 1.